The molecule has 3 amide bonds. The lowest BCUT2D eigenvalue weighted by atomic mass is 9.84. The van der Waals surface area contributed by atoms with Crippen molar-refractivity contribution in [1.82, 2.24) is 20.9 Å². The number of morpholine rings is 1. The molecular formula is C30H44N4O5. The van der Waals surface area contributed by atoms with Gasteiger partial charge in [0.1, 0.15) is 17.5 Å². The molecule has 1 aromatic rings. The summed E-state index contributed by atoms with van der Waals surface area (Å²) in [6.07, 6.45) is 8.09. The number of rotatable bonds is 5. The number of hydrogen-bond acceptors (Lipinski definition) is 6. The number of hydrogen-bond donors (Lipinski definition) is 3. The summed E-state index contributed by atoms with van der Waals surface area (Å²) < 4.78 is 11.4. The zero-order chi connectivity index (χ0) is 27.7. The van der Waals surface area contributed by atoms with Gasteiger partial charge in [-0.05, 0) is 56.2 Å². The molecule has 1 atom stereocenters. The normalized spacial score (nSPS) is 25.1. The van der Waals surface area contributed by atoms with E-state index in [-0.39, 0.29) is 29.5 Å². The summed E-state index contributed by atoms with van der Waals surface area (Å²) >= 11 is 0. The Morgan fingerprint density at radius 1 is 1.10 bits per heavy atom. The fourth-order valence-corrected chi connectivity index (χ4v) is 5.37. The van der Waals surface area contributed by atoms with Gasteiger partial charge in [-0.25, -0.2) is 0 Å². The Morgan fingerprint density at radius 3 is 2.64 bits per heavy atom. The molecule has 0 unspecified atom stereocenters. The number of carbonyl (C=O) groups is 3. The summed E-state index contributed by atoms with van der Waals surface area (Å²) in [5, 5.41) is 8.98. The van der Waals surface area contributed by atoms with Gasteiger partial charge in [-0.15, -0.1) is 0 Å². The summed E-state index contributed by atoms with van der Waals surface area (Å²) in [7, 11) is 0. The van der Waals surface area contributed by atoms with Crippen molar-refractivity contribution in [3.63, 3.8) is 0 Å². The molecule has 3 aliphatic rings. The highest BCUT2D eigenvalue weighted by atomic mass is 16.5. The van der Waals surface area contributed by atoms with Crippen LogP contribution < -0.4 is 20.7 Å². The zero-order valence-corrected chi connectivity index (χ0v) is 23.4. The van der Waals surface area contributed by atoms with Gasteiger partial charge >= 0.3 is 0 Å². The summed E-state index contributed by atoms with van der Waals surface area (Å²) in [4.78, 5) is 42.6. The van der Waals surface area contributed by atoms with Crippen LogP contribution >= 0.6 is 0 Å². The first-order valence-electron chi connectivity index (χ1n) is 14.4. The van der Waals surface area contributed by atoms with Crippen molar-refractivity contribution in [2.75, 3.05) is 39.5 Å². The Labute approximate surface area is 232 Å². The molecule has 0 spiro atoms. The minimum absolute atomic E-state index is 0.129. The van der Waals surface area contributed by atoms with Gasteiger partial charge in [-0.2, -0.15) is 0 Å². The van der Waals surface area contributed by atoms with Crippen molar-refractivity contribution in [1.29, 1.82) is 0 Å². The number of carbonyl (C=O) groups excluding carboxylic acids is 3. The van der Waals surface area contributed by atoms with Gasteiger partial charge in [0.05, 0.1) is 19.8 Å². The van der Waals surface area contributed by atoms with Crippen LogP contribution in [0, 0.1) is 5.41 Å². The first kappa shape index (κ1) is 29.1. The van der Waals surface area contributed by atoms with Gasteiger partial charge < -0.3 is 25.4 Å². The van der Waals surface area contributed by atoms with E-state index in [4.69, 9.17) is 9.47 Å². The van der Waals surface area contributed by atoms with Crippen LogP contribution in [0.3, 0.4) is 0 Å². The highest BCUT2D eigenvalue weighted by Crippen LogP contribution is 2.25. The van der Waals surface area contributed by atoms with E-state index in [0.717, 1.165) is 50.1 Å². The van der Waals surface area contributed by atoms with E-state index >= 15 is 0 Å². The number of fused-ring (bicyclic) bond motifs is 2. The van der Waals surface area contributed by atoms with Crippen molar-refractivity contribution in [2.24, 2.45) is 5.41 Å². The van der Waals surface area contributed by atoms with Crippen molar-refractivity contribution < 1.29 is 23.9 Å². The van der Waals surface area contributed by atoms with Crippen molar-refractivity contribution in [3.8, 4) is 5.75 Å². The molecule has 3 N–H and O–H groups in total. The number of ether oxygens (including phenoxy) is 2. The van der Waals surface area contributed by atoms with Crippen LogP contribution in [0.5, 0.6) is 5.75 Å². The van der Waals surface area contributed by atoms with Crippen molar-refractivity contribution in [2.45, 2.75) is 77.3 Å². The highest BCUT2D eigenvalue weighted by molar-refractivity contribution is 5.99. The number of nitrogens with zero attached hydrogens (tertiary/aromatic N) is 1. The first-order valence-corrected chi connectivity index (χ1v) is 14.4. The maximum atomic E-state index is 13.6. The third-order valence-electron chi connectivity index (χ3n) is 7.78. The third kappa shape index (κ3) is 8.80. The van der Waals surface area contributed by atoms with Crippen LogP contribution in [0.25, 0.3) is 0 Å². The highest BCUT2D eigenvalue weighted by Gasteiger charge is 2.33. The summed E-state index contributed by atoms with van der Waals surface area (Å²) in [5.41, 5.74) is 0.483. The standard InChI is InChI=1S/C30H44N4O5/c1-30(2)21-22-8-7-11-24(20-22)39-17-6-5-12-25(27(35)31-23-9-3-4-10-23)32-28(36)26(33-29(30)37)13-14-34-15-18-38-19-16-34/h7-8,11-12,20,23,26H,3-6,9-10,13-19,21H2,1-2H3,(H,31,35)(H,32,36)(H,33,37)/b25-12-/t26-/m0/s1. The quantitative estimate of drug-likeness (QED) is 0.530. The number of allylic oxidation sites excluding steroid dienone is 1. The van der Waals surface area contributed by atoms with Crippen LogP contribution in [0.4, 0.5) is 0 Å². The van der Waals surface area contributed by atoms with Crippen LogP contribution in [0.15, 0.2) is 36.0 Å². The smallest absolute Gasteiger partial charge is 0.267 e. The Bertz CT molecular complexity index is 1030. The second-order valence-electron chi connectivity index (χ2n) is 11.5. The second kappa shape index (κ2) is 13.9. The molecular weight excluding hydrogens is 496 g/mol. The minimum Gasteiger partial charge on any atom is -0.494 e. The van der Waals surface area contributed by atoms with Gasteiger partial charge in [-0.3, -0.25) is 19.3 Å². The molecule has 1 aliphatic carbocycles. The van der Waals surface area contributed by atoms with E-state index in [1.54, 1.807) is 6.08 Å². The van der Waals surface area contributed by atoms with Gasteiger partial charge in [0.2, 0.25) is 11.8 Å². The monoisotopic (exact) mass is 540 g/mol. The Kier molecular flexibility index (Phi) is 10.4. The molecule has 214 valence electrons. The molecule has 1 saturated heterocycles. The van der Waals surface area contributed by atoms with Gasteiger partial charge in [0.25, 0.3) is 5.91 Å². The van der Waals surface area contributed by atoms with E-state index in [1.165, 1.54) is 0 Å². The molecule has 2 aliphatic heterocycles. The molecule has 2 fully saturated rings. The summed E-state index contributed by atoms with van der Waals surface area (Å²) in [5.74, 6) is -0.0891. The molecule has 9 heteroatoms. The van der Waals surface area contributed by atoms with Crippen LogP contribution in [-0.2, 0) is 25.5 Å². The predicted octanol–water partition coefficient (Wildman–Crippen LogP) is 2.69. The molecule has 4 rings (SSSR count). The molecule has 1 saturated carbocycles. The average Bonchev–Trinajstić information content (AvgIpc) is 3.43. The summed E-state index contributed by atoms with van der Waals surface area (Å²) in [6, 6.07) is 7.17. The largest absolute Gasteiger partial charge is 0.494 e. The maximum Gasteiger partial charge on any atom is 0.267 e. The molecule has 2 heterocycles. The van der Waals surface area contributed by atoms with Gasteiger partial charge in [0.15, 0.2) is 0 Å². The van der Waals surface area contributed by atoms with Crippen molar-refractivity contribution >= 4 is 17.7 Å². The third-order valence-corrected chi connectivity index (χ3v) is 7.78. The minimum atomic E-state index is -0.773. The lowest BCUT2D eigenvalue weighted by Gasteiger charge is -2.30. The lowest BCUT2D eigenvalue weighted by molar-refractivity contribution is -0.134. The fraction of sp³-hybridized carbons (Fsp3) is 0.633. The number of nitrogens with one attached hydrogen (secondary N) is 3. The molecule has 9 nitrogen and oxygen atoms in total. The molecule has 1 aromatic carbocycles. The topological polar surface area (TPSA) is 109 Å². The fourth-order valence-electron chi connectivity index (χ4n) is 5.37. The second-order valence-corrected chi connectivity index (χ2v) is 11.5. The van der Waals surface area contributed by atoms with E-state index in [9.17, 15) is 14.4 Å². The average molecular weight is 541 g/mol. The summed E-state index contributed by atoms with van der Waals surface area (Å²) in [6.45, 7) is 7.81. The van der Waals surface area contributed by atoms with E-state index in [1.807, 2.05) is 38.1 Å². The van der Waals surface area contributed by atoms with E-state index in [2.05, 4.69) is 20.9 Å². The number of amides is 3. The Balaban J connectivity index is 1.55. The zero-order valence-electron chi connectivity index (χ0n) is 23.4. The van der Waals surface area contributed by atoms with E-state index < -0.39 is 11.5 Å². The predicted molar refractivity (Wildman–Crippen MR) is 149 cm³/mol. The Hall–Kier alpha value is -2.91. The number of benzene rings is 1. The van der Waals surface area contributed by atoms with Crippen LogP contribution in [0.1, 0.15) is 64.4 Å². The van der Waals surface area contributed by atoms with Crippen molar-refractivity contribution in [3.05, 3.63) is 41.6 Å². The molecule has 0 radical (unpaired) electrons. The van der Waals surface area contributed by atoms with E-state index in [0.29, 0.717) is 52.0 Å². The molecule has 2 bridgehead atoms. The first-order chi connectivity index (χ1) is 18.8. The molecule has 39 heavy (non-hydrogen) atoms. The Morgan fingerprint density at radius 2 is 1.87 bits per heavy atom. The molecule has 0 aromatic heterocycles. The van der Waals surface area contributed by atoms with Gasteiger partial charge in [-0.1, -0.05) is 44.9 Å². The maximum absolute atomic E-state index is 13.6. The SMILES string of the molecule is CC1(C)Cc2cccc(c2)OCCC/C=C(/C(=O)NC2CCCC2)NC(=O)[C@H](CCN2CCOCC2)NC1=O. The van der Waals surface area contributed by atoms with Crippen LogP contribution in [0.2, 0.25) is 0 Å². The van der Waals surface area contributed by atoms with Crippen LogP contribution in [-0.4, -0.2) is 74.2 Å². The lowest BCUT2D eigenvalue weighted by Crippen LogP contribution is -2.53. The van der Waals surface area contributed by atoms with Gasteiger partial charge in [0, 0.05) is 31.1 Å².